The second-order valence-corrected chi connectivity index (χ2v) is 9.38. The summed E-state index contributed by atoms with van der Waals surface area (Å²) in [5.41, 5.74) is 1.91. The fourth-order valence-corrected chi connectivity index (χ4v) is 5.60. The molecule has 0 aliphatic carbocycles. The molecule has 1 aromatic heterocycles. The van der Waals surface area contributed by atoms with E-state index in [-0.39, 0.29) is 17.6 Å². The van der Waals surface area contributed by atoms with Gasteiger partial charge in [0.1, 0.15) is 5.54 Å². The zero-order valence-corrected chi connectivity index (χ0v) is 19.0. The third-order valence-electron chi connectivity index (χ3n) is 6.44. The van der Waals surface area contributed by atoms with Gasteiger partial charge in [-0.15, -0.1) is 0 Å². The number of nitrogens with one attached hydrogen (secondary N) is 1. The first-order valence-corrected chi connectivity index (χ1v) is 11.1. The van der Waals surface area contributed by atoms with Crippen molar-refractivity contribution < 1.29 is 9.59 Å². The number of hydrogen-bond donors (Lipinski definition) is 1. The van der Waals surface area contributed by atoms with Gasteiger partial charge in [-0.3, -0.25) is 19.5 Å². The molecule has 5 rings (SSSR count). The SMILES string of the molecule is CN1C[C@H](c2ccc(Cl)cc2)[C@H](C(=O)c2cccnc2)[C@@]12C(=O)Nc1ccc(Br)cc12. The number of amides is 1. The number of fused-ring (bicyclic) bond motifs is 2. The van der Waals surface area contributed by atoms with E-state index in [0.717, 1.165) is 21.3 Å². The predicted molar refractivity (Wildman–Crippen MR) is 123 cm³/mol. The van der Waals surface area contributed by atoms with Crippen molar-refractivity contribution in [2.45, 2.75) is 11.5 Å². The summed E-state index contributed by atoms with van der Waals surface area (Å²) in [6.45, 7) is 0.553. The van der Waals surface area contributed by atoms with Crippen molar-refractivity contribution in [1.29, 1.82) is 0 Å². The molecule has 3 atom stereocenters. The average Bonchev–Trinajstić information content (AvgIpc) is 3.24. The quantitative estimate of drug-likeness (QED) is 0.525. The van der Waals surface area contributed by atoms with Crippen LogP contribution in [0.5, 0.6) is 0 Å². The van der Waals surface area contributed by atoms with Gasteiger partial charge in [-0.1, -0.05) is 39.7 Å². The van der Waals surface area contributed by atoms with Gasteiger partial charge in [0.2, 0.25) is 5.91 Å². The standard InChI is InChI=1S/C24H19BrClN3O2/c1-29-13-18(14-4-7-17(26)8-5-14)21(22(30)15-3-2-10-27-12-15)24(29)19-11-16(25)6-9-20(19)28-23(24)31/h2-12,18,21H,13H2,1H3,(H,28,31)/t18-,21-,24+/m1/s1. The van der Waals surface area contributed by atoms with Gasteiger partial charge in [0, 0.05) is 51.2 Å². The van der Waals surface area contributed by atoms with Gasteiger partial charge in [0.25, 0.3) is 0 Å². The highest BCUT2D eigenvalue weighted by Crippen LogP contribution is 2.56. The number of likely N-dealkylation sites (tertiary alicyclic amines) is 1. The molecule has 0 bridgehead atoms. The molecule has 0 saturated carbocycles. The van der Waals surface area contributed by atoms with Gasteiger partial charge in [-0.2, -0.15) is 0 Å². The Balaban J connectivity index is 1.74. The van der Waals surface area contributed by atoms with E-state index in [0.29, 0.717) is 17.1 Å². The highest BCUT2D eigenvalue weighted by molar-refractivity contribution is 9.10. The maximum absolute atomic E-state index is 14.0. The van der Waals surface area contributed by atoms with Crippen molar-refractivity contribution in [3.63, 3.8) is 0 Å². The first-order chi connectivity index (χ1) is 14.9. The van der Waals surface area contributed by atoms with E-state index in [4.69, 9.17) is 11.6 Å². The Labute approximate surface area is 193 Å². The molecule has 2 aromatic carbocycles. The molecule has 2 aliphatic heterocycles. The smallest absolute Gasteiger partial charge is 0.250 e. The van der Waals surface area contributed by atoms with Gasteiger partial charge in [-0.05, 0) is 55.1 Å². The molecule has 31 heavy (non-hydrogen) atoms. The van der Waals surface area contributed by atoms with Gasteiger partial charge in [-0.25, -0.2) is 0 Å². The summed E-state index contributed by atoms with van der Waals surface area (Å²) in [5, 5.41) is 3.65. The summed E-state index contributed by atoms with van der Waals surface area (Å²) in [7, 11) is 1.91. The fourth-order valence-electron chi connectivity index (χ4n) is 5.11. The van der Waals surface area contributed by atoms with E-state index in [2.05, 4.69) is 26.2 Å². The minimum absolute atomic E-state index is 0.0969. The molecule has 1 fully saturated rings. The summed E-state index contributed by atoms with van der Waals surface area (Å²) >= 11 is 9.65. The van der Waals surface area contributed by atoms with Crippen LogP contribution in [0.25, 0.3) is 0 Å². The molecule has 0 unspecified atom stereocenters. The van der Waals surface area contributed by atoms with Crippen LogP contribution in [0.15, 0.2) is 71.5 Å². The Bertz CT molecular complexity index is 1190. The summed E-state index contributed by atoms with van der Waals surface area (Å²) in [6, 6.07) is 16.8. The normalized spacial score (nSPS) is 24.9. The number of pyridine rings is 1. The van der Waals surface area contributed by atoms with E-state index >= 15 is 0 Å². The number of rotatable bonds is 3. The largest absolute Gasteiger partial charge is 0.324 e. The Morgan fingerprint density at radius 1 is 1.23 bits per heavy atom. The van der Waals surface area contributed by atoms with Gasteiger partial charge in [0.15, 0.2) is 5.78 Å². The molecule has 2 aliphatic rings. The lowest BCUT2D eigenvalue weighted by molar-refractivity contribution is -0.126. The van der Waals surface area contributed by atoms with Crippen LogP contribution in [0.2, 0.25) is 5.02 Å². The van der Waals surface area contributed by atoms with Gasteiger partial charge >= 0.3 is 0 Å². The Hall–Kier alpha value is -2.54. The maximum atomic E-state index is 14.0. The predicted octanol–water partition coefficient (Wildman–Crippen LogP) is 4.87. The summed E-state index contributed by atoms with van der Waals surface area (Å²) < 4.78 is 0.859. The lowest BCUT2D eigenvalue weighted by atomic mass is 9.70. The number of halogens is 2. The van der Waals surface area contributed by atoms with Crippen LogP contribution in [0.1, 0.15) is 27.4 Å². The van der Waals surface area contributed by atoms with Crippen molar-refractivity contribution in [3.8, 4) is 0 Å². The number of ketones is 1. The summed E-state index contributed by atoms with van der Waals surface area (Å²) in [5.74, 6) is -1.09. The summed E-state index contributed by atoms with van der Waals surface area (Å²) in [6.07, 6.45) is 3.21. The molecule has 0 radical (unpaired) electrons. The van der Waals surface area contributed by atoms with Crippen molar-refractivity contribution in [1.82, 2.24) is 9.88 Å². The van der Waals surface area contributed by atoms with Crippen LogP contribution in [0.4, 0.5) is 5.69 Å². The number of anilines is 1. The van der Waals surface area contributed by atoms with E-state index in [1.54, 1.807) is 24.5 Å². The van der Waals surface area contributed by atoms with Crippen LogP contribution in [0, 0.1) is 5.92 Å². The molecule has 3 heterocycles. The number of carbonyl (C=O) groups is 2. The number of hydrogen-bond acceptors (Lipinski definition) is 4. The van der Waals surface area contributed by atoms with Crippen molar-refractivity contribution in [3.05, 3.63) is 93.2 Å². The van der Waals surface area contributed by atoms with E-state index in [1.807, 2.05) is 54.4 Å². The Kier molecular flexibility index (Phi) is 4.96. The van der Waals surface area contributed by atoms with Crippen LogP contribution in [0.3, 0.4) is 0 Å². The second-order valence-electron chi connectivity index (χ2n) is 8.03. The van der Waals surface area contributed by atoms with Crippen LogP contribution in [-0.2, 0) is 10.3 Å². The Morgan fingerprint density at radius 3 is 2.71 bits per heavy atom. The monoisotopic (exact) mass is 495 g/mol. The molecule has 1 saturated heterocycles. The first-order valence-electron chi connectivity index (χ1n) is 9.95. The molecule has 1 amide bonds. The van der Waals surface area contributed by atoms with Crippen LogP contribution >= 0.6 is 27.5 Å². The fraction of sp³-hybridized carbons (Fsp3) is 0.208. The minimum atomic E-state index is -1.11. The molecule has 5 nitrogen and oxygen atoms in total. The van der Waals surface area contributed by atoms with E-state index in [9.17, 15) is 9.59 Å². The molecule has 3 aromatic rings. The topological polar surface area (TPSA) is 62.3 Å². The molecular formula is C24H19BrClN3O2. The Morgan fingerprint density at radius 2 is 2.00 bits per heavy atom. The lowest BCUT2D eigenvalue weighted by Gasteiger charge is -2.35. The van der Waals surface area contributed by atoms with Crippen molar-refractivity contribution >= 4 is 44.9 Å². The van der Waals surface area contributed by atoms with Crippen molar-refractivity contribution in [2.24, 2.45) is 5.92 Å². The number of carbonyl (C=O) groups excluding carboxylic acids is 2. The second kappa shape index (κ2) is 7.55. The number of likely N-dealkylation sites (N-methyl/N-ethyl adjacent to an activating group) is 1. The maximum Gasteiger partial charge on any atom is 0.250 e. The van der Waals surface area contributed by atoms with Crippen molar-refractivity contribution in [2.75, 3.05) is 18.9 Å². The number of aromatic nitrogens is 1. The van der Waals surface area contributed by atoms with E-state index in [1.165, 1.54) is 0 Å². The number of Topliss-reactive ketones (excluding diaryl/α,β-unsaturated/α-hetero) is 1. The molecule has 1 N–H and O–H groups in total. The third kappa shape index (κ3) is 3.04. The first kappa shape index (κ1) is 20.4. The number of nitrogens with zero attached hydrogens (tertiary/aromatic N) is 2. The van der Waals surface area contributed by atoms with Crippen LogP contribution in [-0.4, -0.2) is 35.2 Å². The highest BCUT2D eigenvalue weighted by Gasteiger charge is 2.64. The third-order valence-corrected chi connectivity index (χ3v) is 7.18. The molecule has 1 spiro atoms. The highest BCUT2D eigenvalue weighted by atomic mass is 79.9. The molecular weight excluding hydrogens is 478 g/mol. The molecule has 7 heteroatoms. The van der Waals surface area contributed by atoms with Crippen LogP contribution < -0.4 is 5.32 Å². The lowest BCUT2D eigenvalue weighted by Crippen LogP contribution is -2.51. The average molecular weight is 497 g/mol. The zero-order chi connectivity index (χ0) is 21.8. The molecule has 156 valence electrons. The summed E-state index contributed by atoms with van der Waals surface area (Å²) in [4.78, 5) is 33.7. The van der Waals surface area contributed by atoms with Gasteiger partial charge < -0.3 is 5.32 Å². The number of benzene rings is 2. The van der Waals surface area contributed by atoms with E-state index < -0.39 is 11.5 Å². The minimum Gasteiger partial charge on any atom is -0.324 e. The zero-order valence-electron chi connectivity index (χ0n) is 16.7. The van der Waals surface area contributed by atoms with Gasteiger partial charge in [0.05, 0.1) is 5.92 Å².